The third-order valence-electron chi connectivity index (χ3n) is 4.44. The Labute approximate surface area is 156 Å². The third kappa shape index (κ3) is 3.66. The predicted octanol–water partition coefficient (Wildman–Crippen LogP) is 2.79. The quantitative estimate of drug-likeness (QED) is 0.262. The number of aromatic nitrogens is 5. The number of ketones is 1. The van der Waals surface area contributed by atoms with E-state index in [1.807, 2.05) is 27.0 Å². The first-order valence-corrected chi connectivity index (χ1v) is 9.46. The smallest absolute Gasteiger partial charge is 0.174 e. The standard InChI is InChI=1S/C18H23N5O2S/c1-12-8-14(13(2)23(12)6-5-7-25-4)16(24)10-26-18-15-9-21-22(3)17(15)19-11-20-18/h8-9,11H,5-7,10H2,1-4H3. The highest BCUT2D eigenvalue weighted by Gasteiger charge is 2.17. The fourth-order valence-electron chi connectivity index (χ4n) is 3.06. The van der Waals surface area contributed by atoms with Crippen LogP contribution in [0, 0.1) is 13.8 Å². The molecule has 26 heavy (non-hydrogen) atoms. The molecule has 0 unspecified atom stereocenters. The number of nitrogens with zero attached hydrogens (tertiary/aromatic N) is 5. The van der Waals surface area contributed by atoms with Gasteiger partial charge in [-0.25, -0.2) is 9.97 Å². The summed E-state index contributed by atoms with van der Waals surface area (Å²) in [6.07, 6.45) is 4.18. The van der Waals surface area contributed by atoms with Gasteiger partial charge in [-0.15, -0.1) is 0 Å². The summed E-state index contributed by atoms with van der Waals surface area (Å²) in [7, 11) is 3.54. The molecule has 3 heterocycles. The van der Waals surface area contributed by atoms with E-state index in [4.69, 9.17) is 4.74 Å². The van der Waals surface area contributed by atoms with Crippen molar-refractivity contribution in [3.8, 4) is 0 Å². The van der Waals surface area contributed by atoms with Crippen LogP contribution in [0.1, 0.15) is 28.2 Å². The molecule has 8 heteroatoms. The van der Waals surface area contributed by atoms with Crippen molar-refractivity contribution in [2.45, 2.75) is 31.8 Å². The molecule has 0 bridgehead atoms. The maximum absolute atomic E-state index is 12.8. The fraction of sp³-hybridized carbons (Fsp3) is 0.444. The van der Waals surface area contributed by atoms with Crippen LogP contribution in [0.5, 0.6) is 0 Å². The number of thioether (sulfide) groups is 1. The molecule has 3 rings (SSSR count). The Hall–Kier alpha value is -2.19. The van der Waals surface area contributed by atoms with Crippen molar-refractivity contribution in [2.75, 3.05) is 19.5 Å². The molecule has 3 aromatic heterocycles. The van der Waals surface area contributed by atoms with Crippen molar-refractivity contribution in [1.82, 2.24) is 24.3 Å². The number of aryl methyl sites for hydroxylation is 2. The highest BCUT2D eigenvalue weighted by Crippen LogP contribution is 2.25. The molecule has 0 amide bonds. The lowest BCUT2D eigenvalue weighted by Crippen LogP contribution is -2.08. The molecule has 0 atom stereocenters. The zero-order valence-corrected chi connectivity index (χ0v) is 16.3. The summed E-state index contributed by atoms with van der Waals surface area (Å²) in [6.45, 7) is 5.61. The maximum Gasteiger partial charge on any atom is 0.174 e. The van der Waals surface area contributed by atoms with Crippen LogP contribution in [-0.2, 0) is 18.3 Å². The second-order valence-electron chi connectivity index (χ2n) is 6.18. The Morgan fingerprint density at radius 3 is 2.88 bits per heavy atom. The van der Waals surface area contributed by atoms with Crippen LogP contribution < -0.4 is 0 Å². The van der Waals surface area contributed by atoms with Crippen LogP contribution in [0.15, 0.2) is 23.6 Å². The zero-order valence-electron chi connectivity index (χ0n) is 15.5. The molecule has 0 saturated heterocycles. The largest absolute Gasteiger partial charge is 0.385 e. The van der Waals surface area contributed by atoms with Gasteiger partial charge in [0.15, 0.2) is 11.4 Å². The lowest BCUT2D eigenvalue weighted by Gasteiger charge is -2.09. The molecule has 138 valence electrons. The normalized spacial score (nSPS) is 11.4. The lowest BCUT2D eigenvalue weighted by atomic mass is 10.2. The van der Waals surface area contributed by atoms with Gasteiger partial charge in [0.05, 0.1) is 17.3 Å². The highest BCUT2D eigenvalue weighted by atomic mass is 32.2. The van der Waals surface area contributed by atoms with Gasteiger partial charge >= 0.3 is 0 Å². The van der Waals surface area contributed by atoms with E-state index in [0.717, 1.165) is 46.0 Å². The molecule has 3 aromatic rings. The summed E-state index contributed by atoms with van der Waals surface area (Å²) in [5, 5.41) is 5.86. The van der Waals surface area contributed by atoms with Crippen LogP contribution in [0.3, 0.4) is 0 Å². The van der Waals surface area contributed by atoms with Gasteiger partial charge in [-0.3, -0.25) is 9.48 Å². The Morgan fingerprint density at radius 2 is 2.12 bits per heavy atom. The Kier molecular flexibility index (Phi) is 5.73. The van der Waals surface area contributed by atoms with Gasteiger partial charge in [0.25, 0.3) is 0 Å². The number of methoxy groups -OCH3 is 1. The number of carbonyl (C=O) groups excluding carboxylic acids is 1. The topological polar surface area (TPSA) is 74.8 Å². The number of ether oxygens (including phenoxy) is 1. The van der Waals surface area contributed by atoms with E-state index in [1.54, 1.807) is 18.0 Å². The number of Topliss-reactive ketones (excluding diaryl/α,β-unsaturated/α-hetero) is 1. The first-order valence-electron chi connectivity index (χ1n) is 8.47. The third-order valence-corrected chi connectivity index (χ3v) is 5.44. The molecular weight excluding hydrogens is 350 g/mol. The van der Waals surface area contributed by atoms with E-state index in [2.05, 4.69) is 19.6 Å². The molecule has 0 spiro atoms. The fourth-order valence-corrected chi connectivity index (χ4v) is 3.91. The van der Waals surface area contributed by atoms with Crippen LogP contribution in [0.2, 0.25) is 0 Å². The highest BCUT2D eigenvalue weighted by molar-refractivity contribution is 8.00. The molecule has 0 aromatic carbocycles. The van der Waals surface area contributed by atoms with Crippen molar-refractivity contribution in [1.29, 1.82) is 0 Å². The van der Waals surface area contributed by atoms with Crippen LogP contribution in [-0.4, -0.2) is 49.6 Å². The van der Waals surface area contributed by atoms with Crippen molar-refractivity contribution in [3.05, 3.63) is 35.5 Å². The monoisotopic (exact) mass is 373 g/mol. The number of rotatable bonds is 8. The Balaban J connectivity index is 1.73. The molecule has 0 saturated carbocycles. The number of hydrogen-bond acceptors (Lipinski definition) is 6. The molecule has 0 aliphatic rings. The number of carbonyl (C=O) groups is 1. The minimum absolute atomic E-state index is 0.108. The molecule has 0 aliphatic carbocycles. The summed E-state index contributed by atoms with van der Waals surface area (Å²) in [5.41, 5.74) is 3.66. The minimum atomic E-state index is 0.108. The SMILES string of the molecule is COCCCn1c(C)cc(C(=O)CSc2ncnc3c2cnn3C)c1C. The van der Waals surface area contributed by atoms with E-state index in [1.165, 1.54) is 18.1 Å². The van der Waals surface area contributed by atoms with Crippen LogP contribution in [0.4, 0.5) is 0 Å². The summed E-state index contributed by atoms with van der Waals surface area (Å²) in [4.78, 5) is 21.3. The molecule has 0 fully saturated rings. The maximum atomic E-state index is 12.8. The van der Waals surface area contributed by atoms with Gasteiger partial charge in [0.1, 0.15) is 11.4 Å². The van der Waals surface area contributed by atoms with Crippen molar-refractivity contribution in [2.24, 2.45) is 7.05 Å². The summed E-state index contributed by atoms with van der Waals surface area (Å²) >= 11 is 1.43. The summed E-state index contributed by atoms with van der Waals surface area (Å²) in [6, 6.07) is 1.98. The van der Waals surface area contributed by atoms with E-state index < -0.39 is 0 Å². The van der Waals surface area contributed by atoms with E-state index in [0.29, 0.717) is 12.4 Å². The minimum Gasteiger partial charge on any atom is -0.385 e. The van der Waals surface area contributed by atoms with Gasteiger partial charge in [0.2, 0.25) is 0 Å². The van der Waals surface area contributed by atoms with Crippen molar-refractivity contribution >= 4 is 28.6 Å². The molecule has 0 radical (unpaired) electrons. The molecular formula is C18H23N5O2S. The first kappa shape index (κ1) is 18.6. The Morgan fingerprint density at radius 1 is 1.31 bits per heavy atom. The van der Waals surface area contributed by atoms with Crippen molar-refractivity contribution in [3.63, 3.8) is 0 Å². The van der Waals surface area contributed by atoms with Crippen molar-refractivity contribution < 1.29 is 9.53 Å². The zero-order chi connectivity index (χ0) is 18.7. The number of fused-ring (bicyclic) bond motifs is 1. The van der Waals surface area contributed by atoms with Gasteiger partial charge in [-0.1, -0.05) is 11.8 Å². The molecule has 0 aliphatic heterocycles. The van der Waals surface area contributed by atoms with Gasteiger partial charge in [0, 0.05) is 44.3 Å². The average Bonchev–Trinajstić information content (AvgIpc) is 3.15. The van der Waals surface area contributed by atoms with E-state index in [-0.39, 0.29) is 5.78 Å². The molecule has 0 N–H and O–H groups in total. The second kappa shape index (κ2) is 8.01. The summed E-state index contributed by atoms with van der Waals surface area (Å²) in [5.74, 6) is 0.445. The van der Waals surface area contributed by atoms with Gasteiger partial charge in [-0.05, 0) is 26.3 Å². The average molecular weight is 373 g/mol. The van der Waals surface area contributed by atoms with Gasteiger partial charge < -0.3 is 9.30 Å². The summed E-state index contributed by atoms with van der Waals surface area (Å²) < 4.78 is 9.01. The van der Waals surface area contributed by atoms with E-state index >= 15 is 0 Å². The Bertz CT molecular complexity index is 931. The predicted molar refractivity (Wildman–Crippen MR) is 102 cm³/mol. The van der Waals surface area contributed by atoms with E-state index in [9.17, 15) is 4.79 Å². The van der Waals surface area contributed by atoms with Crippen LogP contribution >= 0.6 is 11.8 Å². The lowest BCUT2D eigenvalue weighted by molar-refractivity contribution is 0.102. The molecule has 7 nitrogen and oxygen atoms in total. The number of hydrogen-bond donors (Lipinski definition) is 0. The van der Waals surface area contributed by atoms with Crippen LogP contribution in [0.25, 0.3) is 11.0 Å². The second-order valence-corrected chi connectivity index (χ2v) is 7.14. The van der Waals surface area contributed by atoms with Gasteiger partial charge in [-0.2, -0.15) is 5.10 Å². The first-order chi connectivity index (χ1) is 12.5.